The van der Waals surface area contributed by atoms with E-state index in [1.807, 2.05) is 0 Å². The van der Waals surface area contributed by atoms with Crippen molar-refractivity contribution in [2.24, 2.45) is 11.8 Å². The van der Waals surface area contributed by atoms with Crippen LogP contribution in [-0.2, 0) is 14.4 Å². The quantitative estimate of drug-likeness (QED) is 0.422. The summed E-state index contributed by atoms with van der Waals surface area (Å²) in [5, 5.41) is 17.0. The highest BCUT2D eigenvalue weighted by Crippen LogP contribution is 2.47. The maximum absolute atomic E-state index is 13.8. The summed E-state index contributed by atoms with van der Waals surface area (Å²) in [7, 11) is 2.96. The average molecular weight is 504 g/mol. The Morgan fingerprint density at radius 1 is 0.919 bits per heavy atom. The lowest BCUT2D eigenvalue weighted by molar-refractivity contribution is -0.150. The molecule has 1 fully saturated rings. The summed E-state index contributed by atoms with van der Waals surface area (Å²) < 4.78 is 10.7. The predicted octanol–water partition coefficient (Wildman–Crippen LogP) is 3.42. The fourth-order valence-electron chi connectivity index (χ4n) is 4.98. The van der Waals surface area contributed by atoms with Gasteiger partial charge in [0.05, 0.1) is 37.1 Å². The van der Waals surface area contributed by atoms with Crippen LogP contribution in [0, 0.1) is 11.8 Å². The topological polar surface area (TPSA) is 127 Å². The minimum atomic E-state index is -1.73. The Balaban J connectivity index is 1.76. The molecule has 0 spiro atoms. The Labute approximate surface area is 214 Å². The van der Waals surface area contributed by atoms with E-state index in [9.17, 15) is 19.5 Å². The van der Waals surface area contributed by atoms with Gasteiger partial charge in [0.1, 0.15) is 23.2 Å². The summed E-state index contributed by atoms with van der Waals surface area (Å²) >= 11 is 0. The number of ketones is 1. The molecule has 1 saturated carbocycles. The standard InChI is InChI=1S/C28H29N3O6/c1-28(35)15-20(32)24(26(33)30-18-10-4-6-12-21(18)36-2)23(17-9-8-14-29-16-17)25(28)27(34)31-19-11-5-7-13-22(19)37-3/h4-14,16,23-25,35H,15H2,1-3H3,(H,30,33)(H,31,34). The van der Waals surface area contributed by atoms with E-state index in [-0.39, 0.29) is 6.42 Å². The van der Waals surface area contributed by atoms with Gasteiger partial charge in [0.15, 0.2) is 0 Å². The lowest BCUT2D eigenvalue weighted by atomic mass is 9.61. The normalized spacial score (nSPS) is 23.1. The first-order valence-electron chi connectivity index (χ1n) is 11.8. The number of methoxy groups -OCH3 is 2. The number of aliphatic hydroxyl groups is 1. The number of nitrogens with zero attached hydrogens (tertiary/aromatic N) is 1. The van der Waals surface area contributed by atoms with E-state index >= 15 is 0 Å². The van der Waals surface area contributed by atoms with Gasteiger partial charge in [0.2, 0.25) is 11.8 Å². The predicted molar refractivity (Wildman–Crippen MR) is 137 cm³/mol. The third kappa shape index (κ3) is 5.31. The van der Waals surface area contributed by atoms with Crippen LogP contribution in [-0.4, -0.2) is 47.5 Å². The molecule has 9 nitrogen and oxygen atoms in total. The molecule has 2 amide bonds. The van der Waals surface area contributed by atoms with E-state index in [0.717, 1.165) is 0 Å². The monoisotopic (exact) mass is 503 g/mol. The zero-order valence-electron chi connectivity index (χ0n) is 20.8. The second kappa shape index (κ2) is 10.8. The molecule has 2 aromatic carbocycles. The average Bonchev–Trinajstić information content (AvgIpc) is 2.88. The first-order chi connectivity index (χ1) is 17.8. The molecule has 1 aromatic heterocycles. The third-order valence-electron chi connectivity index (χ3n) is 6.63. The van der Waals surface area contributed by atoms with Gasteiger partial charge in [0, 0.05) is 24.7 Å². The van der Waals surface area contributed by atoms with Crippen molar-refractivity contribution in [3.8, 4) is 11.5 Å². The van der Waals surface area contributed by atoms with Crippen molar-refractivity contribution >= 4 is 29.0 Å². The first-order valence-corrected chi connectivity index (χ1v) is 11.8. The van der Waals surface area contributed by atoms with Gasteiger partial charge in [0.25, 0.3) is 0 Å². The molecule has 1 heterocycles. The number of rotatable bonds is 7. The van der Waals surface area contributed by atoms with Crippen LogP contribution < -0.4 is 20.1 Å². The molecule has 3 N–H and O–H groups in total. The fraction of sp³-hybridized carbons (Fsp3) is 0.286. The number of para-hydroxylation sites is 4. The number of nitrogens with one attached hydrogen (secondary N) is 2. The number of pyridine rings is 1. The SMILES string of the molecule is COc1ccccc1NC(=O)C1C(=O)CC(C)(O)C(C(=O)Nc2ccccc2OC)C1c1cccnc1. The van der Waals surface area contributed by atoms with Crippen LogP contribution in [0.3, 0.4) is 0 Å². The summed E-state index contributed by atoms with van der Waals surface area (Å²) in [5.41, 5.74) is -0.454. The van der Waals surface area contributed by atoms with Gasteiger partial charge >= 0.3 is 0 Å². The van der Waals surface area contributed by atoms with Gasteiger partial charge in [-0.25, -0.2) is 0 Å². The van der Waals surface area contributed by atoms with Crippen LogP contribution in [0.2, 0.25) is 0 Å². The fourth-order valence-corrected chi connectivity index (χ4v) is 4.98. The number of ether oxygens (including phenoxy) is 2. The van der Waals surface area contributed by atoms with Gasteiger partial charge < -0.3 is 25.2 Å². The number of benzene rings is 2. The molecule has 4 atom stereocenters. The van der Waals surface area contributed by atoms with Crippen LogP contribution in [0.25, 0.3) is 0 Å². The Morgan fingerprint density at radius 2 is 1.49 bits per heavy atom. The second-order valence-electron chi connectivity index (χ2n) is 9.15. The smallest absolute Gasteiger partial charge is 0.235 e. The summed E-state index contributed by atoms with van der Waals surface area (Å²) in [6.07, 6.45) is 2.68. The Kier molecular flexibility index (Phi) is 7.54. The zero-order valence-corrected chi connectivity index (χ0v) is 20.8. The zero-order chi connectivity index (χ0) is 26.6. The van der Waals surface area contributed by atoms with Crippen molar-refractivity contribution in [1.82, 2.24) is 4.98 Å². The van der Waals surface area contributed by atoms with Gasteiger partial charge in [-0.05, 0) is 42.8 Å². The van der Waals surface area contributed by atoms with Crippen molar-refractivity contribution in [1.29, 1.82) is 0 Å². The maximum Gasteiger partial charge on any atom is 0.235 e. The molecule has 4 rings (SSSR count). The Hall–Kier alpha value is -4.24. The van der Waals surface area contributed by atoms with Crippen molar-refractivity contribution < 1.29 is 29.0 Å². The van der Waals surface area contributed by atoms with Crippen LogP contribution in [0.1, 0.15) is 24.8 Å². The van der Waals surface area contributed by atoms with E-state index in [2.05, 4.69) is 15.6 Å². The summed E-state index contributed by atoms with van der Waals surface area (Å²) in [5.74, 6) is -4.18. The molecule has 0 bridgehead atoms. The molecular formula is C28H29N3O6. The van der Waals surface area contributed by atoms with Crippen molar-refractivity contribution in [3.05, 3.63) is 78.6 Å². The molecular weight excluding hydrogens is 474 g/mol. The molecule has 1 aliphatic carbocycles. The maximum atomic E-state index is 13.8. The Morgan fingerprint density at radius 3 is 2.03 bits per heavy atom. The molecule has 0 saturated heterocycles. The number of carbonyl (C=O) groups excluding carboxylic acids is 3. The second-order valence-corrected chi connectivity index (χ2v) is 9.15. The number of Topliss-reactive ketones (excluding diaryl/α,β-unsaturated/α-hetero) is 1. The minimum Gasteiger partial charge on any atom is -0.495 e. The molecule has 4 unspecified atom stereocenters. The summed E-state index contributed by atoms with van der Waals surface area (Å²) in [4.78, 5) is 44.9. The third-order valence-corrected chi connectivity index (χ3v) is 6.63. The van der Waals surface area contributed by atoms with E-state index in [4.69, 9.17) is 9.47 Å². The number of amides is 2. The summed E-state index contributed by atoms with van der Waals surface area (Å²) in [6.45, 7) is 1.44. The Bertz CT molecular complexity index is 1290. The van der Waals surface area contributed by atoms with Gasteiger partial charge in [-0.1, -0.05) is 30.3 Å². The number of aromatic nitrogens is 1. The van der Waals surface area contributed by atoms with Gasteiger partial charge in [-0.3, -0.25) is 19.4 Å². The minimum absolute atomic E-state index is 0.377. The van der Waals surface area contributed by atoms with Crippen LogP contribution >= 0.6 is 0 Å². The lowest BCUT2D eigenvalue weighted by Crippen LogP contribution is -2.56. The van der Waals surface area contributed by atoms with Crippen molar-refractivity contribution in [3.63, 3.8) is 0 Å². The molecule has 1 aliphatic rings. The molecule has 3 aromatic rings. The van der Waals surface area contributed by atoms with Crippen LogP contribution in [0.15, 0.2) is 73.1 Å². The van der Waals surface area contributed by atoms with E-state index in [0.29, 0.717) is 28.4 Å². The molecule has 37 heavy (non-hydrogen) atoms. The summed E-state index contributed by atoms with van der Waals surface area (Å²) in [6, 6.07) is 17.1. The molecule has 9 heteroatoms. The van der Waals surface area contributed by atoms with E-state index < -0.39 is 41.0 Å². The highest BCUT2D eigenvalue weighted by molar-refractivity contribution is 6.11. The number of carbonyl (C=O) groups is 3. The highest BCUT2D eigenvalue weighted by atomic mass is 16.5. The number of hydrogen-bond donors (Lipinski definition) is 3. The lowest BCUT2D eigenvalue weighted by Gasteiger charge is -2.44. The number of anilines is 2. The first kappa shape index (κ1) is 25.8. The molecule has 0 radical (unpaired) electrons. The van der Waals surface area contributed by atoms with Crippen LogP contribution in [0.5, 0.6) is 11.5 Å². The molecule has 0 aliphatic heterocycles. The highest BCUT2D eigenvalue weighted by Gasteiger charge is 2.56. The van der Waals surface area contributed by atoms with Crippen molar-refractivity contribution in [2.45, 2.75) is 24.9 Å². The van der Waals surface area contributed by atoms with E-state index in [1.165, 1.54) is 27.3 Å². The van der Waals surface area contributed by atoms with Crippen molar-refractivity contribution in [2.75, 3.05) is 24.9 Å². The number of hydrogen-bond acceptors (Lipinski definition) is 7. The van der Waals surface area contributed by atoms with Crippen LogP contribution in [0.4, 0.5) is 11.4 Å². The largest absolute Gasteiger partial charge is 0.495 e. The van der Waals surface area contributed by atoms with E-state index in [1.54, 1.807) is 66.9 Å². The molecule has 192 valence electrons. The van der Waals surface area contributed by atoms with Gasteiger partial charge in [-0.15, -0.1) is 0 Å². The van der Waals surface area contributed by atoms with Gasteiger partial charge in [-0.2, -0.15) is 0 Å².